The summed E-state index contributed by atoms with van der Waals surface area (Å²) in [6, 6.07) is 19.3. The molecule has 2 nitrogen and oxygen atoms in total. The summed E-state index contributed by atoms with van der Waals surface area (Å²) in [5.41, 5.74) is 4.93. The molecule has 0 aliphatic heterocycles. The number of rotatable bonds is 4. The van der Waals surface area contributed by atoms with Gasteiger partial charge in [0.1, 0.15) is 11.5 Å². The number of phenols is 2. The minimum absolute atomic E-state index is 0.0813. The molecule has 0 heterocycles. The fraction of sp³-hybridized carbons (Fsp3) is 0.486. The second kappa shape index (κ2) is 10.3. The number of benzene rings is 3. The predicted molar refractivity (Wildman–Crippen MR) is 167 cm³/mol. The Labute approximate surface area is 233 Å². The number of hydrogen-bond acceptors (Lipinski definition) is 2. The van der Waals surface area contributed by atoms with Crippen molar-refractivity contribution in [3.05, 3.63) is 82.4 Å². The molecule has 0 amide bonds. The monoisotopic (exact) mass is 532 g/mol. The quantitative estimate of drug-likeness (QED) is 0.329. The van der Waals surface area contributed by atoms with Crippen LogP contribution >= 0.6 is 7.92 Å². The van der Waals surface area contributed by atoms with E-state index in [-0.39, 0.29) is 21.7 Å². The summed E-state index contributed by atoms with van der Waals surface area (Å²) in [4.78, 5) is 0. The van der Waals surface area contributed by atoms with Crippen LogP contribution in [0.25, 0.3) is 0 Å². The van der Waals surface area contributed by atoms with Crippen LogP contribution in [-0.2, 0) is 27.8 Å². The first kappa shape index (κ1) is 30.2. The lowest BCUT2D eigenvalue weighted by Crippen LogP contribution is -2.26. The Morgan fingerprint density at radius 1 is 0.526 bits per heavy atom. The van der Waals surface area contributed by atoms with Gasteiger partial charge in [0.15, 0.2) is 0 Å². The van der Waals surface area contributed by atoms with Gasteiger partial charge in [-0.3, -0.25) is 0 Å². The highest BCUT2D eigenvalue weighted by molar-refractivity contribution is 7.72. The lowest BCUT2D eigenvalue weighted by molar-refractivity contribution is 0.448. The zero-order chi connectivity index (χ0) is 28.8. The summed E-state index contributed by atoms with van der Waals surface area (Å²) >= 11 is 0. The van der Waals surface area contributed by atoms with Gasteiger partial charge in [-0.05, 0) is 58.4 Å². The first-order valence-corrected chi connectivity index (χ1v) is 15.3. The Bertz CT molecular complexity index is 1200. The highest BCUT2D eigenvalue weighted by atomic mass is 31.1. The van der Waals surface area contributed by atoms with Gasteiger partial charge in [-0.2, -0.15) is 0 Å². The number of phenolic OH excluding ortho intramolecular Hbond substituents is 2. The standard InChI is InChI=1S/C35H49O2P/c1-32(2,3)24-18-26(34(7,8)9)30(36)28(20-24)38(22-23-16-14-13-15-17-23)29-21-25(33(4,5)6)19-27(31(29)37)35(10,11)12/h13-21,36-37H,22H2,1-12H3. The maximum Gasteiger partial charge on any atom is 0.127 e. The largest absolute Gasteiger partial charge is 0.507 e. The molecule has 206 valence electrons. The van der Waals surface area contributed by atoms with E-state index < -0.39 is 7.92 Å². The second-order valence-electron chi connectivity index (χ2n) is 14.9. The molecule has 0 aliphatic carbocycles. The Balaban J connectivity index is 2.47. The normalized spacial score (nSPS) is 13.3. The summed E-state index contributed by atoms with van der Waals surface area (Å²) in [6.07, 6.45) is 0.742. The van der Waals surface area contributed by atoms with Gasteiger partial charge in [0.2, 0.25) is 0 Å². The minimum atomic E-state index is -1.12. The van der Waals surface area contributed by atoms with E-state index >= 15 is 0 Å². The van der Waals surface area contributed by atoms with Crippen molar-refractivity contribution in [3.63, 3.8) is 0 Å². The fourth-order valence-corrected chi connectivity index (χ4v) is 7.24. The molecule has 3 rings (SSSR count). The molecule has 0 saturated carbocycles. The van der Waals surface area contributed by atoms with Crippen molar-refractivity contribution in [2.24, 2.45) is 0 Å². The molecule has 2 N–H and O–H groups in total. The summed E-state index contributed by atoms with van der Waals surface area (Å²) in [6.45, 7) is 26.3. The molecular formula is C35H49O2P. The van der Waals surface area contributed by atoms with Crippen LogP contribution in [0.5, 0.6) is 11.5 Å². The van der Waals surface area contributed by atoms with E-state index in [0.29, 0.717) is 11.5 Å². The van der Waals surface area contributed by atoms with Crippen molar-refractivity contribution in [3.8, 4) is 11.5 Å². The average molecular weight is 533 g/mol. The summed E-state index contributed by atoms with van der Waals surface area (Å²) in [7, 11) is -1.12. The van der Waals surface area contributed by atoms with E-state index in [2.05, 4.69) is 132 Å². The SMILES string of the molecule is CC(C)(C)c1cc(P(Cc2ccccc2)c2cc(C(C)(C)C)cc(C(C)(C)C)c2O)c(O)c(C(C)(C)C)c1. The van der Waals surface area contributed by atoms with Gasteiger partial charge >= 0.3 is 0 Å². The van der Waals surface area contributed by atoms with Crippen LogP contribution in [0, 0.1) is 0 Å². The summed E-state index contributed by atoms with van der Waals surface area (Å²) in [5, 5.41) is 25.7. The molecule has 0 unspecified atom stereocenters. The van der Waals surface area contributed by atoms with Crippen molar-refractivity contribution in [2.45, 2.75) is 111 Å². The van der Waals surface area contributed by atoms with E-state index in [9.17, 15) is 10.2 Å². The van der Waals surface area contributed by atoms with Gasteiger partial charge in [0, 0.05) is 27.9 Å². The van der Waals surface area contributed by atoms with E-state index in [4.69, 9.17) is 0 Å². The maximum atomic E-state index is 11.9. The van der Waals surface area contributed by atoms with Crippen molar-refractivity contribution in [2.75, 3.05) is 0 Å². The molecule has 0 saturated heterocycles. The van der Waals surface area contributed by atoms with E-state index in [1.54, 1.807) is 0 Å². The zero-order valence-corrected chi connectivity index (χ0v) is 26.6. The minimum Gasteiger partial charge on any atom is -0.507 e. The fourth-order valence-electron chi connectivity index (χ4n) is 4.73. The zero-order valence-electron chi connectivity index (χ0n) is 25.7. The number of hydrogen-bond donors (Lipinski definition) is 2. The Morgan fingerprint density at radius 3 is 1.21 bits per heavy atom. The molecule has 0 atom stereocenters. The van der Waals surface area contributed by atoms with Gasteiger partial charge in [0.25, 0.3) is 0 Å². The van der Waals surface area contributed by atoms with Gasteiger partial charge in [-0.15, -0.1) is 0 Å². The summed E-state index contributed by atoms with van der Waals surface area (Å²) in [5.74, 6) is 0.732. The maximum absolute atomic E-state index is 11.9. The third kappa shape index (κ3) is 6.63. The van der Waals surface area contributed by atoms with Crippen LogP contribution in [0.15, 0.2) is 54.6 Å². The van der Waals surface area contributed by atoms with Crippen molar-refractivity contribution >= 4 is 18.5 Å². The highest BCUT2D eigenvalue weighted by Gasteiger charge is 2.32. The van der Waals surface area contributed by atoms with Crippen LogP contribution in [0.4, 0.5) is 0 Å². The van der Waals surface area contributed by atoms with E-state index in [1.165, 1.54) is 16.7 Å². The van der Waals surface area contributed by atoms with Crippen LogP contribution in [-0.4, -0.2) is 10.2 Å². The van der Waals surface area contributed by atoms with Gasteiger partial charge < -0.3 is 10.2 Å². The smallest absolute Gasteiger partial charge is 0.127 e. The Morgan fingerprint density at radius 2 is 0.895 bits per heavy atom. The molecule has 0 radical (unpaired) electrons. The third-order valence-electron chi connectivity index (χ3n) is 7.29. The molecule has 0 bridgehead atoms. The molecule has 0 aromatic heterocycles. The van der Waals surface area contributed by atoms with Crippen LogP contribution in [0.3, 0.4) is 0 Å². The second-order valence-corrected chi connectivity index (χ2v) is 17.0. The van der Waals surface area contributed by atoms with E-state index in [1.807, 2.05) is 6.07 Å². The molecule has 0 aliphatic rings. The molecular weight excluding hydrogens is 483 g/mol. The Hall–Kier alpha value is -2.31. The molecule has 0 spiro atoms. The van der Waals surface area contributed by atoms with Crippen LogP contribution in [0.1, 0.15) is 111 Å². The highest BCUT2D eigenvalue weighted by Crippen LogP contribution is 2.49. The molecule has 3 heteroatoms. The average Bonchev–Trinajstić information content (AvgIpc) is 2.75. The molecule has 0 fully saturated rings. The topological polar surface area (TPSA) is 40.5 Å². The van der Waals surface area contributed by atoms with Gasteiger partial charge in [-0.25, -0.2) is 0 Å². The molecule has 38 heavy (non-hydrogen) atoms. The van der Waals surface area contributed by atoms with Gasteiger partial charge in [-0.1, -0.05) is 126 Å². The van der Waals surface area contributed by atoms with E-state index in [0.717, 1.165) is 27.9 Å². The number of aromatic hydroxyl groups is 2. The summed E-state index contributed by atoms with van der Waals surface area (Å²) < 4.78 is 0. The Kier molecular flexibility index (Phi) is 8.23. The van der Waals surface area contributed by atoms with Gasteiger partial charge in [0.05, 0.1) is 0 Å². The van der Waals surface area contributed by atoms with Crippen LogP contribution < -0.4 is 10.6 Å². The van der Waals surface area contributed by atoms with Crippen LogP contribution in [0.2, 0.25) is 0 Å². The molecule has 3 aromatic carbocycles. The lowest BCUT2D eigenvalue weighted by atomic mass is 9.80. The lowest BCUT2D eigenvalue weighted by Gasteiger charge is -2.32. The first-order valence-electron chi connectivity index (χ1n) is 13.8. The molecule has 3 aromatic rings. The third-order valence-corrected chi connectivity index (χ3v) is 9.82. The van der Waals surface area contributed by atoms with Crippen molar-refractivity contribution in [1.82, 2.24) is 0 Å². The first-order chi connectivity index (χ1) is 17.2. The predicted octanol–water partition coefficient (Wildman–Crippen LogP) is 8.92. The van der Waals surface area contributed by atoms with Crippen molar-refractivity contribution in [1.29, 1.82) is 0 Å². The van der Waals surface area contributed by atoms with Crippen molar-refractivity contribution < 1.29 is 10.2 Å².